The maximum absolute atomic E-state index is 5.27. The highest BCUT2D eigenvalue weighted by atomic mass is 127. The van der Waals surface area contributed by atoms with Gasteiger partial charge in [-0.3, -0.25) is 4.40 Å². The van der Waals surface area contributed by atoms with Gasteiger partial charge in [0.1, 0.15) is 0 Å². The van der Waals surface area contributed by atoms with E-state index in [-0.39, 0.29) is 24.0 Å². The number of likely N-dealkylation sites (tertiary alicyclic amines) is 1. The van der Waals surface area contributed by atoms with Gasteiger partial charge in [0, 0.05) is 50.4 Å². The Hall–Kier alpha value is -0.870. The third-order valence-corrected chi connectivity index (χ3v) is 4.63. The minimum atomic E-state index is 0. The number of methoxy groups -OCH3 is 1. The van der Waals surface area contributed by atoms with Crippen LogP contribution in [-0.4, -0.2) is 53.6 Å². The van der Waals surface area contributed by atoms with Crippen molar-refractivity contribution in [1.82, 2.24) is 19.6 Å². The first-order chi connectivity index (χ1) is 10.8. The van der Waals surface area contributed by atoms with Crippen molar-refractivity contribution < 1.29 is 4.74 Å². The largest absolute Gasteiger partial charge is 0.384 e. The first-order valence-corrected chi connectivity index (χ1v) is 8.61. The van der Waals surface area contributed by atoms with E-state index in [9.17, 15) is 0 Å². The maximum atomic E-state index is 5.27. The van der Waals surface area contributed by atoms with Crippen molar-refractivity contribution in [3.8, 4) is 0 Å². The zero-order chi connectivity index (χ0) is 15.4. The molecule has 23 heavy (non-hydrogen) atoms. The molecule has 1 atom stereocenters. The Balaban J connectivity index is 0.00000192. The molecular formula is C15H24IN5OS. The highest BCUT2D eigenvalue weighted by molar-refractivity contribution is 14.0. The Morgan fingerprint density at radius 2 is 2.43 bits per heavy atom. The van der Waals surface area contributed by atoms with E-state index < -0.39 is 0 Å². The first-order valence-electron chi connectivity index (χ1n) is 7.73. The number of aromatic nitrogens is 2. The molecule has 1 fully saturated rings. The van der Waals surface area contributed by atoms with Crippen molar-refractivity contribution in [1.29, 1.82) is 0 Å². The molecule has 0 amide bonds. The van der Waals surface area contributed by atoms with Gasteiger partial charge >= 0.3 is 0 Å². The molecular weight excluding hydrogens is 425 g/mol. The third-order valence-electron chi connectivity index (χ3n) is 3.86. The Labute approximate surface area is 158 Å². The molecule has 0 spiro atoms. The summed E-state index contributed by atoms with van der Waals surface area (Å²) < 4.78 is 7.32. The second-order valence-corrected chi connectivity index (χ2v) is 6.42. The fourth-order valence-electron chi connectivity index (χ4n) is 2.83. The molecule has 8 heteroatoms. The molecule has 2 aromatic heterocycles. The van der Waals surface area contributed by atoms with Crippen LogP contribution in [0.2, 0.25) is 0 Å². The van der Waals surface area contributed by atoms with Crippen molar-refractivity contribution in [2.75, 3.05) is 33.4 Å². The lowest BCUT2D eigenvalue weighted by molar-refractivity contribution is 0.157. The Morgan fingerprint density at radius 3 is 3.17 bits per heavy atom. The SMILES string of the molecule is CCNC(=NCc1cn2ccsc2n1)N1CCC(COC)C1.I. The van der Waals surface area contributed by atoms with E-state index in [1.807, 2.05) is 16.0 Å². The molecule has 6 nitrogen and oxygen atoms in total. The van der Waals surface area contributed by atoms with Gasteiger partial charge in [-0.25, -0.2) is 9.98 Å². The molecule has 1 aliphatic rings. The summed E-state index contributed by atoms with van der Waals surface area (Å²) in [5.74, 6) is 1.59. The minimum Gasteiger partial charge on any atom is -0.384 e. The predicted octanol–water partition coefficient (Wildman–Crippen LogP) is 2.45. The summed E-state index contributed by atoms with van der Waals surface area (Å²) in [4.78, 5) is 12.7. The van der Waals surface area contributed by atoms with E-state index in [4.69, 9.17) is 9.73 Å². The maximum Gasteiger partial charge on any atom is 0.194 e. The summed E-state index contributed by atoms with van der Waals surface area (Å²) in [6.07, 6.45) is 5.25. The van der Waals surface area contributed by atoms with Crippen LogP contribution in [0, 0.1) is 5.92 Å². The molecule has 0 bridgehead atoms. The summed E-state index contributed by atoms with van der Waals surface area (Å²) in [5.41, 5.74) is 1.01. The number of imidazole rings is 1. The Bertz CT molecular complexity index is 612. The smallest absolute Gasteiger partial charge is 0.194 e. The summed E-state index contributed by atoms with van der Waals surface area (Å²) in [7, 11) is 1.77. The number of halogens is 1. The predicted molar refractivity (Wildman–Crippen MR) is 105 cm³/mol. The van der Waals surface area contributed by atoms with Gasteiger partial charge in [-0.1, -0.05) is 0 Å². The standard InChI is InChI=1S/C15H23N5OS.HI/c1-3-16-14(19-5-4-12(9-19)11-21-2)17-8-13-10-20-6-7-22-15(20)18-13;/h6-7,10,12H,3-5,8-9,11H2,1-2H3,(H,16,17);1H. The molecule has 0 aliphatic carbocycles. The number of guanidine groups is 1. The average Bonchev–Trinajstić information content (AvgIpc) is 3.19. The Morgan fingerprint density at radius 1 is 1.57 bits per heavy atom. The lowest BCUT2D eigenvalue weighted by Gasteiger charge is -2.21. The second kappa shape index (κ2) is 8.84. The molecule has 1 N–H and O–H groups in total. The Kier molecular flexibility index (Phi) is 7.09. The lowest BCUT2D eigenvalue weighted by Crippen LogP contribution is -2.40. The van der Waals surface area contributed by atoms with Gasteiger partial charge < -0.3 is 15.0 Å². The number of aliphatic imine (C=N–C) groups is 1. The molecule has 3 heterocycles. The molecule has 2 aromatic rings. The highest BCUT2D eigenvalue weighted by Gasteiger charge is 2.24. The van der Waals surface area contributed by atoms with E-state index in [1.54, 1.807) is 18.4 Å². The molecule has 0 aromatic carbocycles. The summed E-state index contributed by atoms with van der Waals surface area (Å²) in [6, 6.07) is 0. The van der Waals surface area contributed by atoms with E-state index >= 15 is 0 Å². The number of fused-ring (bicyclic) bond motifs is 1. The number of hydrogen-bond acceptors (Lipinski definition) is 4. The van der Waals surface area contributed by atoms with Crippen molar-refractivity contribution in [3.63, 3.8) is 0 Å². The van der Waals surface area contributed by atoms with Crippen molar-refractivity contribution in [2.24, 2.45) is 10.9 Å². The lowest BCUT2D eigenvalue weighted by atomic mass is 10.1. The molecule has 1 saturated heterocycles. The highest BCUT2D eigenvalue weighted by Crippen LogP contribution is 2.17. The van der Waals surface area contributed by atoms with Crippen LogP contribution < -0.4 is 5.32 Å². The van der Waals surface area contributed by atoms with Crippen molar-refractivity contribution in [3.05, 3.63) is 23.5 Å². The molecule has 1 unspecified atom stereocenters. The van der Waals surface area contributed by atoms with Crippen LogP contribution in [0.4, 0.5) is 0 Å². The topological polar surface area (TPSA) is 54.2 Å². The number of nitrogens with zero attached hydrogens (tertiary/aromatic N) is 4. The summed E-state index contributed by atoms with van der Waals surface area (Å²) in [5, 5.41) is 5.43. The van der Waals surface area contributed by atoms with Crippen LogP contribution in [0.15, 0.2) is 22.8 Å². The van der Waals surface area contributed by atoms with Gasteiger partial charge in [-0.15, -0.1) is 35.3 Å². The number of hydrogen-bond donors (Lipinski definition) is 1. The van der Waals surface area contributed by atoms with Gasteiger partial charge in [0.2, 0.25) is 0 Å². The van der Waals surface area contributed by atoms with Gasteiger partial charge in [0.05, 0.1) is 18.8 Å². The monoisotopic (exact) mass is 449 g/mol. The molecule has 128 valence electrons. The molecule has 1 aliphatic heterocycles. The third kappa shape index (κ3) is 4.57. The van der Waals surface area contributed by atoms with Crippen LogP contribution in [0.25, 0.3) is 4.96 Å². The molecule has 0 saturated carbocycles. The number of nitrogens with one attached hydrogen (secondary N) is 1. The summed E-state index contributed by atoms with van der Waals surface area (Å²) >= 11 is 1.65. The second-order valence-electron chi connectivity index (χ2n) is 5.55. The van der Waals surface area contributed by atoms with Gasteiger partial charge in [0.15, 0.2) is 10.9 Å². The number of rotatable bonds is 5. The normalized spacial score (nSPS) is 18.4. The zero-order valence-corrected chi connectivity index (χ0v) is 16.7. The first kappa shape index (κ1) is 18.5. The fraction of sp³-hybridized carbons (Fsp3) is 0.600. The van der Waals surface area contributed by atoms with E-state index in [0.717, 1.165) is 42.9 Å². The van der Waals surface area contributed by atoms with Gasteiger partial charge in [0.25, 0.3) is 0 Å². The van der Waals surface area contributed by atoms with Crippen LogP contribution in [0.1, 0.15) is 19.0 Å². The van der Waals surface area contributed by atoms with E-state index in [1.165, 1.54) is 6.42 Å². The minimum absolute atomic E-state index is 0. The van der Waals surface area contributed by atoms with Crippen LogP contribution in [-0.2, 0) is 11.3 Å². The average molecular weight is 449 g/mol. The van der Waals surface area contributed by atoms with E-state index in [0.29, 0.717) is 12.5 Å². The van der Waals surface area contributed by atoms with Crippen molar-refractivity contribution in [2.45, 2.75) is 19.9 Å². The zero-order valence-electron chi connectivity index (χ0n) is 13.6. The van der Waals surface area contributed by atoms with Gasteiger partial charge in [-0.2, -0.15) is 0 Å². The number of ether oxygens (including phenoxy) is 1. The van der Waals surface area contributed by atoms with Crippen LogP contribution >= 0.6 is 35.3 Å². The summed E-state index contributed by atoms with van der Waals surface area (Å²) in [6.45, 7) is 6.47. The quantitative estimate of drug-likeness (QED) is 0.433. The van der Waals surface area contributed by atoms with Crippen molar-refractivity contribution >= 4 is 46.2 Å². The van der Waals surface area contributed by atoms with Gasteiger partial charge in [-0.05, 0) is 13.3 Å². The van der Waals surface area contributed by atoms with Crippen LogP contribution in [0.5, 0.6) is 0 Å². The number of thiazole rings is 1. The molecule has 0 radical (unpaired) electrons. The fourth-order valence-corrected chi connectivity index (χ4v) is 3.55. The molecule has 3 rings (SSSR count). The van der Waals surface area contributed by atoms with Crippen LogP contribution in [0.3, 0.4) is 0 Å². The van der Waals surface area contributed by atoms with E-state index in [2.05, 4.69) is 28.3 Å².